The largest absolute Gasteiger partial charge is 0.508 e. The first-order chi connectivity index (χ1) is 6.20. The van der Waals surface area contributed by atoms with Gasteiger partial charge in [-0.05, 0) is 18.4 Å². The van der Waals surface area contributed by atoms with Gasteiger partial charge in [0.1, 0.15) is 5.76 Å². The molecule has 1 heteroatoms. The molecule has 0 aliphatic heterocycles. The van der Waals surface area contributed by atoms with Crippen molar-refractivity contribution in [2.75, 3.05) is 0 Å². The first-order valence-corrected chi connectivity index (χ1v) is 4.64. The zero-order valence-electron chi connectivity index (χ0n) is 8.20. The Morgan fingerprint density at radius 3 is 2.46 bits per heavy atom. The van der Waals surface area contributed by atoms with Gasteiger partial charge >= 0.3 is 0 Å². The van der Waals surface area contributed by atoms with E-state index in [1.54, 1.807) is 0 Å². The molecule has 0 radical (unpaired) electrons. The van der Waals surface area contributed by atoms with Crippen LogP contribution in [-0.4, -0.2) is 5.11 Å². The molecule has 1 aromatic rings. The Labute approximate surface area is 79.7 Å². The van der Waals surface area contributed by atoms with Crippen LogP contribution in [0.1, 0.15) is 25.8 Å². The maximum Gasteiger partial charge on any atom is 0.118 e. The molecule has 0 aliphatic rings. The highest BCUT2D eigenvalue weighted by Crippen LogP contribution is 2.12. The summed E-state index contributed by atoms with van der Waals surface area (Å²) < 4.78 is 0. The minimum absolute atomic E-state index is 0.384. The SMILES string of the molecule is CC(C)CC=C(O)c1ccccc1. The lowest BCUT2D eigenvalue weighted by Gasteiger charge is -2.01. The molecule has 0 unspecified atom stereocenters. The molecule has 0 atom stereocenters. The summed E-state index contributed by atoms with van der Waals surface area (Å²) in [7, 11) is 0. The van der Waals surface area contributed by atoms with Crippen LogP contribution in [0.15, 0.2) is 36.4 Å². The lowest BCUT2D eigenvalue weighted by atomic mass is 10.1. The topological polar surface area (TPSA) is 20.2 Å². The number of hydrogen-bond donors (Lipinski definition) is 1. The van der Waals surface area contributed by atoms with Crippen LogP contribution in [0.5, 0.6) is 0 Å². The Bertz CT molecular complexity index is 272. The van der Waals surface area contributed by atoms with Gasteiger partial charge in [-0.3, -0.25) is 0 Å². The fraction of sp³-hybridized carbons (Fsp3) is 0.333. The number of aliphatic hydroxyl groups is 1. The van der Waals surface area contributed by atoms with E-state index in [4.69, 9.17) is 0 Å². The number of rotatable bonds is 3. The summed E-state index contributed by atoms with van der Waals surface area (Å²) in [5.41, 5.74) is 0.892. The summed E-state index contributed by atoms with van der Waals surface area (Å²) in [6, 6.07) is 9.61. The molecule has 0 saturated heterocycles. The Hall–Kier alpha value is -1.24. The van der Waals surface area contributed by atoms with Crippen LogP contribution in [0.3, 0.4) is 0 Å². The van der Waals surface area contributed by atoms with Gasteiger partial charge in [0.2, 0.25) is 0 Å². The smallest absolute Gasteiger partial charge is 0.118 e. The van der Waals surface area contributed by atoms with Crippen molar-refractivity contribution in [2.24, 2.45) is 5.92 Å². The molecule has 0 aliphatic carbocycles. The normalized spacial score (nSPS) is 12.1. The average molecular weight is 176 g/mol. The van der Waals surface area contributed by atoms with Crippen molar-refractivity contribution in [2.45, 2.75) is 20.3 Å². The van der Waals surface area contributed by atoms with Crippen LogP contribution in [0.4, 0.5) is 0 Å². The third-order valence-electron chi connectivity index (χ3n) is 1.85. The average Bonchev–Trinajstić information content (AvgIpc) is 2.15. The van der Waals surface area contributed by atoms with E-state index < -0.39 is 0 Å². The summed E-state index contributed by atoms with van der Waals surface area (Å²) in [5.74, 6) is 0.972. The molecular formula is C12H16O. The molecule has 70 valence electrons. The van der Waals surface area contributed by atoms with Gasteiger partial charge in [-0.1, -0.05) is 44.2 Å². The minimum Gasteiger partial charge on any atom is -0.508 e. The summed E-state index contributed by atoms with van der Waals surface area (Å²) >= 11 is 0. The van der Waals surface area contributed by atoms with Crippen molar-refractivity contribution in [3.05, 3.63) is 42.0 Å². The van der Waals surface area contributed by atoms with Crippen LogP contribution in [0.25, 0.3) is 5.76 Å². The molecule has 1 rings (SSSR count). The van der Waals surface area contributed by atoms with E-state index in [9.17, 15) is 5.11 Å². The number of allylic oxidation sites excluding steroid dienone is 1. The summed E-state index contributed by atoms with van der Waals surface area (Å²) in [5, 5.41) is 9.63. The Morgan fingerprint density at radius 2 is 1.92 bits per heavy atom. The highest BCUT2D eigenvalue weighted by Gasteiger charge is 1.97. The van der Waals surface area contributed by atoms with E-state index in [2.05, 4.69) is 13.8 Å². The monoisotopic (exact) mass is 176 g/mol. The Kier molecular flexibility index (Phi) is 3.56. The highest BCUT2D eigenvalue weighted by molar-refractivity contribution is 5.57. The second-order valence-corrected chi connectivity index (χ2v) is 3.58. The van der Waals surface area contributed by atoms with Crippen LogP contribution in [0.2, 0.25) is 0 Å². The quantitative estimate of drug-likeness (QED) is 0.697. The molecule has 0 amide bonds. The fourth-order valence-electron chi connectivity index (χ4n) is 1.07. The molecule has 1 nitrogen and oxygen atoms in total. The number of aliphatic hydroxyl groups excluding tert-OH is 1. The molecule has 1 aromatic carbocycles. The number of hydrogen-bond acceptors (Lipinski definition) is 1. The molecule has 0 aromatic heterocycles. The second-order valence-electron chi connectivity index (χ2n) is 3.58. The fourth-order valence-corrected chi connectivity index (χ4v) is 1.07. The summed E-state index contributed by atoms with van der Waals surface area (Å²) in [6.45, 7) is 4.27. The predicted octanol–water partition coefficient (Wildman–Crippen LogP) is 3.63. The Balaban J connectivity index is 2.68. The molecule has 0 bridgehead atoms. The van der Waals surface area contributed by atoms with Crippen molar-refractivity contribution in [3.63, 3.8) is 0 Å². The van der Waals surface area contributed by atoms with Gasteiger partial charge in [-0.15, -0.1) is 0 Å². The van der Waals surface area contributed by atoms with Crippen LogP contribution in [0, 0.1) is 5.92 Å². The third kappa shape index (κ3) is 3.32. The van der Waals surface area contributed by atoms with E-state index >= 15 is 0 Å². The first kappa shape index (κ1) is 9.85. The van der Waals surface area contributed by atoms with Gasteiger partial charge in [0, 0.05) is 5.56 Å². The lowest BCUT2D eigenvalue weighted by molar-refractivity contribution is 0.505. The zero-order valence-corrected chi connectivity index (χ0v) is 8.20. The molecule has 0 heterocycles. The van der Waals surface area contributed by atoms with Gasteiger partial charge < -0.3 is 5.11 Å². The standard InChI is InChI=1S/C12H16O/c1-10(2)8-9-12(13)11-6-4-3-5-7-11/h3-7,9-10,13H,8H2,1-2H3. The third-order valence-corrected chi connectivity index (χ3v) is 1.85. The lowest BCUT2D eigenvalue weighted by Crippen LogP contribution is -1.86. The van der Waals surface area contributed by atoms with Crippen LogP contribution >= 0.6 is 0 Å². The second kappa shape index (κ2) is 4.70. The molecule has 0 saturated carbocycles. The van der Waals surface area contributed by atoms with Gasteiger partial charge in [0.05, 0.1) is 0 Å². The summed E-state index contributed by atoms with van der Waals surface area (Å²) in [6.07, 6.45) is 2.79. The zero-order chi connectivity index (χ0) is 9.68. The molecule has 1 N–H and O–H groups in total. The van der Waals surface area contributed by atoms with Gasteiger partial charge in [-0.2, -0.15) is 0 Å². The van der Waals surface area contributed by atoms with E-state index in [1.165, 1.54) is 0 Å². The van der Waals surface area contributed by atoms with Crippen molar-refractivity contribution in [3.8, 4) is 0 Å². The van der Waals surface area contributed by atoms with E-state index in [1.807, 2.05) is 36.4 Å². The van der Waals surface area contributed by atoms with Crippen molar-refractivity contribution in [1.29, 1.82) is 0 Å². The van der Waals surface area contributed by atoms with Crippen LogP contribution in [-0.2, 0) is 0 Å². The predicted molar refractivity (Wildman–Crippen MR) is 56.5 cm³/mol. The highest BCUT2D eigenvalue weighted by atomic mass is 16.3. The van der Waals surface area contributed by atoms with Gasteiger partial charge in [0.25, 0.3) is 0 Å². The maximum atomic E-state index is 9.63. The minimum atomic E-state index is 0.384. The molecular weight excluding hydrogens is 160 g/mol. The first-order valence-electron chi connectivity index (χ1n) is 4.64. The Morgan fingerprint density at radius 1 is 1.31 bits per heavy atom. The van der Waals surface area contributed by atoms with Crippen molar-refractivity contribution in [1.82, 2.24) is 0 Å². The number of benzene rings is 1. The molecule has 0 spiro atoms. The van der Waals surface area contributed by atoms with Gasteiger partial charge in [0.15, 0.2) is 0 Å². The van der Waals surface area contributed by atoms with Gasteiger partial charge in [-0.25, -0.2) is 0 Å². The maximum absolute atomic E-state index is 9.63. The van der Waals surface area contributed by atoms with Crippen molar-refractivity contribution < 1.29 is 5.11 Å². The van der Waals surface area contributed by atoms with E-state index in [0.717, 1.165) is 12.0 Å². The summed E-state index contributed by atoms with van der Waals surface area (Å²) in [4.78, 5) is 0. The molecule has 0 fully saturated rings. The van der Waals surface area contributed by atoms with Crippen LogP contribution < -0.4 is 0 Å². The van der Waals surface area contributed by atoms with E-state index in [0.29, 0.717) is 11.7 Å². The van der Waals surface area contributed by atoms with E-state index in [-0.39, 0.29) is 0 Å². The molecule has 13 heavy (non-hydrogen) atoms. The van der Waals surface area contributed by atoms with Crippen molar-refractivity contribution >= 4 is 5.76 Å².